The number of nitrogens with one attached hydrogen (secondary N) is 1. The second-order valence-corrected chi connectivity index (χ2v) is 5.09. The Labute approximate surface area is 125 Å². The molecule has 2 amide bonds. The number of carbonyl (C=O) groups is 2. The van der Waals surface area contributed by atoms with Crippen LogP contribution in [0.3, 0.4) is 0 Å². The van der Waals surface area contributed by atoms with E-state index < -0.39 is 11.9 Å². The Morgan fingerprint density at radius 3 is 2.33 bits per heavy atom. The molecule has 0 radical (unpaired) electrons. The van der Waals surface area contributed by atoms with Crippen molar-refractivity contribution in [2.75, 3.05) is 6.61 Å². The standard InChI is InChI=1S/C16H24N2O3/c1-4-11(3)15(16(17)20)18-14(19)10-12-6-8-13(9-7-12)21-5-2/h6-9,11,15H,4-5,10H2,1-3H3,(H2,17,20)(H,18,19). The molecule has 2 atom stereocenters. The highest BCUT2D eigenvalue weighted by Gasteiger charge is 2.23. The summed E-state index contributed by atoms with van der Waals surface area (Å²) in [5.41, 5.74) is 6.20. The summed E-state index contributed by atoms with van der Waals surface area (Å²) in [5.74, 6) is 0.0932. The van der Waals surface area contributed by atoms with Crippen LogP contribution >= 0.6 is 0 Å². The molecule has 0 aromatic heterocycles. The van der Waals surface area contributed by atoms with Crippen molar-refractivity contribution in [3.63, 3.8) is 0 Å². The molecule has 0 fully saturated rings. The number of hydrogen-bond acceptors (Lipinski definition) is 3. The highest BCUT2D eigenvalue weighted by molar-refractivity contribution is 5.87. The lowest BCUT2D eigenvalue weighted by Gasteiger charge is -2.21. The number of ether oxygens (including phenoxy) is 1. The van der Waals surface area contributed by atoms with Crippen molar-refractivity contribution >= 4 is 11.8 Å². The molecule has 0 aliphatic carbocycles. The van der Waals surface area contributed by atoms with Crippen molar-refractivity contribution in [3.8, 4) is 5.75 Å². The Balaban J connectivity index is 2.61. The van der Waals surface area contributed by atoms with Crippen LogP contribution < -0.4 is 15.8 Å². The summed E-state index contributed by atoms with van der Waals surface area (Å²) < 4.78 is 5.35. The molecule has 1 aromatic rings. The second kappa shape index (κ2) is 8.29. The molecule has 0 spiro atoms. The maximum absolute atomic E-state index is 12.0. The van der Waals surface area contributed by atoms with Gasteiger partial charge in [-0.1, -0.05) is 32.4 Å². The zero-order chi connectivity index (χ0) is 15.8. The Bertz CT molecular complexity index is 471. The summed E-state index contributed by atoms with van der Waals surface area (Å²) in [7, 11) is 0. The van der Waals surface area contributed by atoms with Crippen LogP contribution in [-0.4, -0.2) is 24.5 Å². The fourth-order valence-electron chi connectivity index (χ4n) is 2.01. The topological polar surface area (TPSA) is 81.4 Å². The summed E-state index contributed by atoms with van der Waals surface area (Å²) in [6.45, 7) is 6.38. The minimum absolute atomic E-state index is 0.0202. The van der Waals surface area contributed by atoms with Crippen molar-refractivity contribution in [1.29, 1.82) is 0 Å². The molecule has 0 saturated heterocycles. The van der Waals surface area contributed by atoms with E-state index in [0.717, 1.165) is 17.7 Å². The van der Waals surface area contributed by atoms with Gasteiger partial charge in [0, 0.05) is 0 Å². The maximum atomic E-state index is 12.0. The molecule has 5 heteroatoms. The van der Waals surface area contributed by atoms with Crippen LogP contribution in [0.4, 0.5) is 0 Å². The number of primary amides is 1. The van der Waals surface area contributed by atoms with E-state index in [1.54, 1.807) is 0 Å². The summed E-state index contributed by atoms with van der Waals surface area (Å²) in [6.07, 6.45) is 0.990. The molecule has 0 aliphatic rings. The second-order valence-electron chi connectivity index (χ2n) is 5.09. The fraction of sp³-hybridized carbons (Fsp3) is 0.500. The zero-order valence-electron chi connectivity index (χ0n) is 12.9. The van der Waals surface area contributed by atoms with Gasteiger partial charge in [-0.25, -0.2) is 0 Å². The van der Waals surface area contributed by atoms with Crippen molar-refractivity contribution < 1.29 is 14.3 Å². The molecule has 21 heavy (non-hydrogen) atoms. The molecule has 3 N–H and O–H groups in total. The lowest BCUT2D eigenvalue weighted by Crippen LogP contribution is -2.48. The van der Waals surface area contributed by atoms with Gasteiger partial charge in [-0.3, -0.25) is 9.59 Å². The normalized spacial score (nSPS) is 13.3. The molecule has 0 heterocycles. The molecule has 1 rings (SSSR count). The van der Waals surface area contributed by atoms with Crippen LogP contribution in [0.2, 0.25) is 0 Å². The van der Waals surface area contributed by atoms with Gasteiger partial charge in [0.05, 0.1) is 13.0 Å². The third-order valence-electron chi connectivity index (χ3n) is 3.44. The first-order valence-corrected chi connectivity index (χ1v) is 7.28. The molecule has 0 bridgehead atoms. The van der Waals surface area contributed by atoms with Gasteiger partial charge in [0.2, 0.25) is 11.8 Å². The van der Waals surface area contributed by atoms with E-state index >= 15 is 0 Å². The first-order valence-electron chi connectivity index (χ1n) is 7.28. The molecule has 116 valence electrons. The predicted octanol–water partition coefficient (Wildman–Crippen LogP) is 1.64. The lowest BCUT2D eigenvalue weighted by atomic mass is 9.98. The monoisotopic (exact) mass is 292 g/mol. The van der Waals surface area contributed by atoms with Gasteiger partial charge in [-0.2, -0.15) is 0 Å². The number of carbonyl (C=O) groups excluding carboxylic acids is 2. The van der Waals surface area contributed by atoms with Gasteiger partial charge in [0.1, 0.15) is 11.8 Å². The molecular formula is C16H24N2O3. The first-order chi connectivity index (χ1) is 9.97. The van der Waals surface area contributed by atoms with Gasteiger partial charge in [0.15, 0.2) is 0 Å². The first kappa shape index (κ1) is 17.0. The average Bonchev–Trinajstić information content (AvgIpc) is 2.46. The molecule has 0 saturated carbocycles. The maximum Gasteiger partial charge on any atom is 0.240 e. The molecule has 5 nitrogen and oxygen atoms in total. The van der Waals surface area contributed by atoms with Crippen LogP contribution in [0.1, 0.15) is 32.8 Å². The number of hydrogen-bond donors (Lipinski definition) is 2. The van der Waals surface area contributed by atoms with E-state index in [1.165, 1.54) is 0 Å². The summed E-state index contributed by atoms with van der Waals surface area (Å²) in [5, 5.41) is 2.71. The predicted molar refractivity (Wildman–Crippen MR) is 81.9 cm³/mol. The number of rotatable bonds is 8. The quantitative estimate of drug-likeness (QED) is 0.764. The van der Waals surface area contributed by atoms with E-state index in [1.807, 2.05) is 45.0 Å². The van der Waals surface area contributed by atoms with Gasteiger partial charge in [-0.15, -0.1) is 0 Å². The van der Waals surface area contributed by atoms with Crippen LogP contribution in [-0.2, 0) is 16.0 Å². The van der Waals surface area contributed by atoms with Gasteiger partial charge >= 0.3 is 0 Å². The van der Waals surface area contributed by atoms with Crippen LogP contribution in [0.5, 0.6) is 5.75 Å². The molecular weight excluding hydrogens is 268 g/mol. The summed E-state index contributed by atoms with van der Waals surface area (Å²) in [4.78, 5) is 23.4. The van der Waals surface area contributed by atoms with Gasteiger partial charge in [0.25, 0.3) is 0 Å². The van der Waals surface area contributed by atoms with Crippen LogP contribution in [0.25, 0.3) is 0 Å². The van der Waals surface area contributed by atoms with Crippen LogP contribution in [0.15, 0.2) is 24.3 Å². The van der Waals surface area contributed by atoms with E-state index in [-0.39, 0.29) is 18.2 Å². The Hall–Kier alpha value is -2.04. The Morgan fingerprint density at radius 1 is 1.24 bits per heavy atom. The third-order valence-corrected chi connectivity index (χ3v) is 3.44. The van der Waals surface area contributed by atoms with Gasteiger partial charge < -0.3 is 15.8 Å². The SMILES string of the molecule is CCOc1ccc(CC(=O)NC(C(N)=O)C(C)CC)cc1. The minimum Gasteiger partial charge on any atom is -0.494 e. The van der Waals surface area contributed by atoms with Crippen molar-refractivity contribution in [2.24, 2.45) is 11.7 Å². The molecule has 1 aromatic carbocycles. The zero-order valence-corrected chi connectivity index (χ0v) is 12.9. The highest BCUT2D eigenvalue weighted by atomic mass is 16.5. The average molecular weight is 292 g/mol. The van der Waals surface area contributed by atoms with Crippen LogP contribution in [0, 0.1) is 5.92 Å². The number of benzene rings is 1. The van der Waals surface area contributed by atoms with E-state index in [9.17, 15) is 9.59 Å². The van der Waals surface area contributed by atoms with Gasteiger partial charge in [-0.05, 0) is 30.5 Å². The lowest BCUT2D eigenvalue weighted by molar-refractivity contribution is -0.128. The van der Waals surface area contributed by atoms with Crippen molar-refractivity contribution in [2.45, 2.75) is 39.7 Å². The smallest absolute Gasteiger partial charge is 0.240 e. The summed E-state index contributed by atoms with van der Waals surface area (Å²) in [6, 6.07) is 6.71. The largest absolute Gasteiger partial charge is 0.494 e. The van der Waals surface area contributed by atoms with Crippen molar-refractivity contribution in [1.82, 2.24) is 5.32 Å². The minimum atomic E-state index is -0.620. The fourth-order valence-corrected chi connectivity index (χ4v) is 2.01. The van der Waals surface area contributed by atoms with E-state index in [4.69, 9.17) is 10.5 Å². The molecule has 2 unspecified atom stereocenters. The number of amides is 2. The van der Waals surface area contributed by atoms with E-state index in [0.29, 0.717) is 6.61 Å². The number of nitrogens with two attached hydrogens (primary N) is 1. The molecule has 0 aliphatic heterocycles. The van der Waals surface area contributed by atoms with Crippen molar-refractivity contribution in [3.05, 3.63) is 29.8 Å². The van der Waals surface area contributed by atoms with E-state index in [2.05, 4.69) is 5.32 Å². The highest BCUT2D eigenvalue weighted by Crippen LogP contribution is 2.13. The Morgan fingerprint density at radius 2 is 1.86 bits per heavy atom. The third kappa shape index (κ3) is 5.45. The Kier molecular flexibility index (Phi) is 6.72. The summed E-state index contributed by atoms with van der Waals surface area (Å²) >= 11 is 0.